The summed E-state index contributed by atoms with van der Waals surface area (Å²) in [4.78, 5) is 41.2. The lowest BCUT2D eigenvalue weighted by Crippen LogP contribution is -2.52. The molecular formula is C24H24N4O3. The fraction of sp³-hybridized carbons (Fsp3) is 0.375. The standard InChI is InChI=1S/C24H24N4O3/c29-21-9-8-20(23(30)26-21)28-11-15-5-3-4-14(22(15)24(28)31)10-27-12-18-16-6-1-2-7-17(16)19(13-27)25-18/h1-7,18-20,25H,8-13H2,(H,26,29,30). The molecular weight excluding hydrogens is 392 g/mol. The Balaban J connectivity index is 1.23. The summed E-state index contributed by atoms with van der Waals surface area (Å²) in [6.07, 6.45) is 0.659. The molecule has 4 aliphatic heterocycles. The third-order valence-corrected chi connectivity index (χ3v) is 7.06. The third-order valence-electron chi connectivity index (χ3n) is 7.06. The number of imide groups is 1. The van der Waals surface area contributed by atoms with E-state index in [-0.39, 0.29) is 24.1 Å². The van der Waals surface area contributed by atoms with Gasteiger partial charge in [0.25, 0.3) is 5.91 Å². The smallest absolute Gasteiger partial charge is 0.255 e. The van der Waals surface area contributed by atoms with Gasteiger partial charge in [0.2, 0.25) is 11.8 Å². The van der Waals surface area contributed by atoms with Crippen LogP contribution >= 0.6 is 0 Å². The molecule has 0 saturated carbocycles. The summed E-state index contributed by atoms with van der Waals surface area (Å²) in [6, 6.07) is 14.7. The van der Waals surface area contributed by atoms with Gasteiger partial charge in [0.15, 0.2) is 0 Å². The van der Waals surface area contributed by atoms with E-state index in [1.807, 2.05) is 18.2 Å². The molecule has 3 atom stereocenters. The number of piperazine rings is 1. The van der Waals surface area contributed by atoms with Gasteiger partial charge in [-0.1, -0.05) is 42.5 Å². The monoisotopic (exact) mass is 416 g/mol. The molecule has 0 spiro atoms. The molecule has 4 heterocycles. The number of benzene rings is 2. The third kappa shape index (κ3) is 2.99. The zero-order valence-electron chi connectivity index (χ0n) is 17.1. The minimum absolute atomic E-state index is 0.0958. The molecule has 2 N–H and O–H groups in total. The molecule has 7 heteroatoms. The van der Waals surface area contributed by atoms with E-state index in [0.717, 1.165) is 29.8 Å². The minimum atomic E-state index is -0.574. The fourth-order valence-electron chi connectivity index (χ4n) is 5.65. The Morgan fingerprint density at radius 3 is 2.39 bits per heavy atom. The molecule has 0 aliphatic carbocycles. The highest BCUT2D eigenvalue weighted by Gasteiger charge is 2.41. The quantitative estimate of drug-likeness (QED) is 0.744. The van der Waals surface area contributed by atoms with Crippen molar-refractivity contribution in [3.63, 3.8) is 0 Å². The van der Waals surface area contributed by atoms with Gasteiger partial charge < -0.3 is 10.2 Å². The molecule has 31 heavy (non-hydrogen) atoms. The van der Waals surface area contributed by atoms with E-state index in [4.69, 9.17) is 0 Å². The molecule has 4 aliphatic rings. The number of fused-ring (bicyclic) bond motifs is 6. The summed E-state index contributed by atoms with van der Waals surface area (Å²) in [5.74, 6) is -0.725. The molecule has 2 fully saturated rings. The zero-order chi connectivity index (χ0) is 21.1. The molecule has 2 bridgehead atoms. The summed E-state index contributed by atoms with van der Waals surface area (Å²) in [5.41, 5.74) is 5.48. The van der Waals surface area contributed by atoms with Crippen LogP contribution < -0.4 is 10.6 Å². The van der Waals surface area contributed by atoms with Crippen LogP contribution in [0.5, 0.6) is 0 Å². The highest BCUT2D eigenvalue weighted by atomic mass is 16.2. The van der Waals surface area contributed by atoms with E-state index in [2.05, 4.69) is 39.8 Å². The van der Waals surface area contributed by atoms with Gasteiger partial charge in [0, 0.05) is 50.2 Å². The summed E-state index contributed by atoms with van der Waals surface area (Å²) in [5, 5.41) is 6.07. The van der Waals surface area contributed by atoms with Crippen molar-refractivity contribution in [2.75, 3.05) is 13.1 Å². The van der Waals surface area contributed by atoms with Gasteiger partial charge in [0.05, 0.1) is 0 Å². The van der Waals surface area contributed by atoms with E-state index in [0.29, 0.717) is 31.6 Å². The van der Waals surface area contributed by atoms with Gasteiger partial charge in [-0.05, 0) is 28.7 Å². The average Bonchev–Trinajstić information content (AvgIpc) is 3.23. The van der Waals surface area contributed by atoms with Crippen LogP contribution in [0.25, 0.3) is 0 Å². The Morgan fingerprint density at radius 2 is 1.68 bits per heavy atom. The first-order valence-corrected chi connectivity index (χ1v) is 10.9. The van der Waals surface area contributed by atoms with Gasteiger partial charge in [-0.15, -0.1) is 0 Å². The van der Waals surface area contributed by atoms with Crippen molar-refractivity contribution < 1.29 is 14.4 Å². The molecule has 7 nitrogen and oxygen atoms in total. The number of carbonyl (C=O) groups excluding carboxylic acids is 3. The molecule has 2 saturated heterocycles. The second kappa shape index (κ2) is 7.00. The SMILES string of the molecule is O=C1CCC(N2Cc3cccc(CN4CC5NC(C4)c4ccccc45)c3C2=O)C(=O)N1. The van der Waals surface area contributed by atoms with Gasteiger partial charge in [-0.2, -0.15) is 0 Å². The van der Waals surface area contributed by atoms with Crippen LogP contribution in [-0.2, 0) is 22.7 Å². The molecule has 2 aromatic rings. The fourth-order valence-corrected chi connectivity index (χ4v) is 5.65. The minimum Gasteiger partial charge on any atom is -0.322 e. The first-order chi connectivity index (χ1) is 15.1. The molecule has 3 unspecified atom stereocenters. The van der Waals surface area contributed by atoms with E-state index in [1.54, 1.807) is 4.90 Å². The van der Waals surface area contributed by atoms with E-state index >= 15 is 0 Å². The maximum atomic E-state index is 13.3. The summed E-state index contributed by atoms with van der Waals surface area (Å²) in [6.45, 7) is 2.94. The predicted molar refractivity (Wildman–Crippen MR) is 113 cm³/mol. The number of hydrogen-bond donors (Lipinski definition) is 2. The summed E-state index contributed by atoms with van der Waals surface area (Å²) >= 11 is 0. The lowest BCUT2D eigenvalue weighted by molar-refractivity contribution is -0.136. The molecule has 6 rings (SSSR count). The van der Waals surface area contributed by atoms with Crippen LogP contribution in [0.2, 0.25) is 0 Å². The van der Waals surface area contributed by atoms with Crippen molar-refractivity contribution in [1.29, 1.82) is 0 Å². The van der Waals surface area contributed by atoms with Gasteiger partial charge >= 0.3 is 0 Å². The highest BCUT2D eigenvalue weighted by molar-refractivity contribution is 6.06. The topological polar surface area (TPSA) is 81.8 Å². The lowest BCUT2D eigenvalue weighted by atomic mass is 10.0. The molecule has 0 radical (unpaired) electrons. The number of amides is 3. The largest absolute Gasteiger partial charge is 0.322 e. The Morgan fingerprint density at radius 1 is 0.935 bits per heavy atom. The van der Waals surface area contributed by atoms with Crippen molar-refractivity contribution in [3.05, 3.63) is 70.3 Å². The van der Waals surface area contributed by atoms with Crippen molar-refractivity contribution in [3.8, 4) is 0 Å². The predicted octanol–water partition coefficient (Wildman–Crippen LogP) is 1.65. The maximum absolute atomic E-state index is 13.3. The Bertz CT molecular complexity index is 1080. The highest BCUT2D eigenvalue weighted by Crippen LogP contribution is 2.38. The number of nitrogens with one attached hydrogen (secondary N) is 2. The first kappa shape index (κ1) is 18.7. The number of piperidine rings is 1. The lowest BCUT2D eigenvalue weighted by Gasteiger charge is -2.33. The molecule has 3 amide bonds. The van der Waals surface area contributed by atoms with Crippen molar-refractivity contribution >= 4 is 17.7 Å². The number of rotatable bonds is 3. The van der Waals surface area contributed by atoms with Crippen LogP contribution in [0.15, 0.2) is 42.5 Å². The Hall–Kier alpha value is -3.03. The second-order valence-electron chi connectivity index (χ2n) is 8.95. The van der Waals surface area contributed by atoms with E-state index in [9.17, 15) is 14.4 Å². The van der Waals surface area contributed by atoms with Crippen LogP contribution in [0, 0.1) is 0 Å². The number of nitrogens with zero attached hydrogens (tertiary/aromatic N) is 2. The van der Waals surface area contributed by atoms with Crippen molar-refractivity contribution in [2.24, 2.45) is 0 Å². The van der Waals surface area contributed by atoms with Crippen LogP contribution in [-0.4, -0.2) is 46.7 Å². The average molecular weight is 416 g/mol. The van der Waals surface area contributed by atoms with Gasteiger partial charge in [-0.3, -0.25) is 24.6 Å². The van der Waals surface area contributed by atoms with Gasteiger partial charge in [0.1, 0.15) is 6.04 Å². The Labute approximate surface area is 180 Å². The van der Waals surface area contributed by atoms with Gasteiger partial charge in [-0.25, -0.2) is 0 Å². The second-order valence-corrected chi connectivity index (χ2v) is 8.95. The summed E-state index contributed by atoms with van der Waals surface area (Å²) < 4.78 is 0. The van der Waals surface area contributed by atoms with Crippen LogP contribution in [0.3, 0.4) is 0 Å². The molecule has 2 aromatic carbocycles. The Kier molecular flexibility index (Phi) is 4.23. The summed E-state index contributed by atoms with van der Waals surface area (Å²) in [7, 11) is 0. The maximum Gasteiger partial charge on any atom is 0.255 e. The normalized spacial score (nSPS) is 27.3. The first-order valence-electron chi connectivity index (χ1n) is 10.9. The molecule has 0 aromatic heterocycles. The number of hydrogen-bond acceptors (Lipinski definition) is 5. The van der Waals surface area contributed by atoms with E-state index < -0.39 is 6.04 Å². The molecule has 158 valence electrons. The number of carbonyl (C=O) groups is 3. The van der Waals surface area contributed by atoms with Crippen LogP contribution in [0.4, 0.5) is 0 Å². The zero-order valence-corrected chi connectivity index (χ0v) is 17.1. The van der Waals surface area contributed by atoms with Crippen molar-refractivity contribution in [1.82, 2.24) is 20.4 Å². The van der Waals surface area contributed by atoms with Crippen molar-refractivity contribution in [2.45, 2.75) is 44.1 Å². The van der Waals surface area contributed by atoms with E-state index in [1.165, 1.54) is 11.1 Å². The van der Waals surface area contributed by atoms with Crippen LogP contribution in [0.1, 0.15) is 57.5 Å².